The van der Waals surface area contributed by atoms with Crippen molar-refractivity contribution in [3.63, 3.8) is 0 Å². The molecule has 7 nitrogen and oxygen atoms in total. The molecule has 0 radical (unpaired) electrons. The summed E-state index contributed by atoms with van der Waals surface area (Å²) < 4.78 is 7.61. The molecule has 1 atom stereocenters. The lowest BCUT2D eigenvalue weighted by atomic mass is 10.0. The number of piperidine rings is 1. The topological polar surface area (TPSA) is 70.6 Å². The van der Waals surface area contributed by atoms with Gasteiger partial charge >= 0.3 is 11.8 Å². The SMILES string of the molecule is CC(COC(=O)N1CCC(n2c(=O)[nH]c3ccccc32)CC1)N(Cc1ccccc1)Cc1cccs1. The van der Waals surface area contributed by atoms with Crippen molar-refractivity contribution in [1.29, 1.82) is 0 Å². The number of aromatic nitrogens is 2. The highest BCUT2D eigenvalue weighted by Crippen LogP contribution is 2.25. The zero-order chi connectivity index (χ0) is 24.9. The molecule has 5 rings (SSSR count). The van der Waals surface area contributed by atoms with Gasteiger partial charge in [0.15, 0.2) is 0 Å². The Morgan fingerprint density at radius 2 is 1.81 bits per heavy atom. The van der Waals surface area contributed by atoms with E-state index in [4.69, 9.17) is 4.74 Å². The molecule has 3 heterocycles. The molecule has 4 aromatic rings. The van der Waals surface area contributed by atoms with Crippen LogP contribution in [0.2, 0.25) is 0 Å². The number of imidazole rings is 1. The molecule has 0 saturated carbocycles. The van der Waals surface area contributed by atoms with Crippen molar-refractivity contribution >= 4 is 28.5 Å². The van der Waals surface area contributed by atoms with Gasteiger partial charge in [-0.3, -0.25) is 9.47 Å². The summed E-state index contributed by atoms with van der Waals surface area (Å²) in [6.45, 7) is 5.20. The molecule has 1 N–H and O–H groups in total. The normalized spacial score (nSPS) is 15.4. The molecular formula is C28H32N4O3S. The Kier molecular flexibility index (Phi) is 7.53. The molecule has 188 valence electrons. The van der Waals surface area contributed by atoms with Crippen LogP contribution in [0, 0.1) is 0 Å². The predicted molar refractivity (Wildman–Crippen MR) is 143 cm³/mol. The molecule has 1 amide bonds. The molecule has 36 heavy (non-hydrogen) atoms. The fraction of sp³-hybridized carbons (Fsp3) is 0.357. The van der Waals surface area contributed by atoms with E-state index >= 15 is 0 Å². The number of ether oxygens (including phenoxy) is 1. The van der Waals surface area contributed by atoms with E-state index in [9.17, 15) is 9.59 Å². The number of H-pyrrole nitrogens is 1. The third kappa shape index (κ3) is 5.55. The van der Waals surface area contributed by atoms with Gasteiger partial charge in [0.05, 0.1) is 11.0 Å². The lowest BCUT2D eigenvalue weighted by Gasteiger charge is -2.33. The zero-order valence-corrected chi connectivity index (χ0v) is 21.3. The van der Waals surface area contributed by atoms with E-state index in [-0.39, 0.29) is 23.9 Å². The Balaban J connectivity index is 1.16. The first-order chi connectivity index (χ1) is 17.6. The number of likely N-dealkylation sites (tertiary alicyclic amines) is 1. The second kappa shape index (κ2) is 11.1. The minimum absolute atomic E-state index is 0.0681. The van der Waals surface area contributed by atoms with Crippen LogP contribution in [0.5, 0.6) is 0 Å². The molecule has 0 bridgehead atoms. The monoisotopic (exact) mass is 504 g/mol. The maximum absolute atomic E-state index is 12.9. The summed E-state index contributed by atoms with van der Waals surface area (Å²) in [6.07, 6.45) is 1.18. The molecule has 2 aromatic carbocycles. The maximum Gasteiger partial charge on any atom is 0.409 e. The summed E-state index contributed by atoms with van der Waals surface area (Å²) >= 11 is 1.74. The molecule has 0 spiro atoms. The smallest absolute Gasteiger partial charge is 0.409 e. The average Bonchev–Trinajstić information content (AvgIpc) is 3.54. The highest BCUT2D eigenvalue weighted by atomic mass is 32.1. The molecule has 1 saturated heterocycles. The van der Waals surface area contributed by atoms with Gasteiger partial charge in [-0.1, -0.05) is 48.5 Å². The fourth-order valence-corrected chi connectivity index (χ4v) is 5.65. The number of aromatic amines is 1. The summed E-state index contributed by atoms with van der Waals surface area (Å²) in [5.74, 6) is 0. The first kappa shape index (κ1) is 24.3. The van der Waals surface area contributed by atoms with Crippen LogP contribution in [-0.2, 0) is 17.8 Å². The number of hydrogen-bond acceptors (Lipinski definition) is 5. The quantitative estimate of drug-likeness (QED) is 0.356. The molecular weight excluding hydrogens is 472 g/mol. The number of amides is 1. The summed E-state index contributed by atoms with van der Waals surface area (Å²) in [7, 11) is 0. The lowest BCUT2D eigenvalue weighted by Crippen LogP contribution is -2.42. The lowest BCUT2D eigenvalue weighted by molar-refractivity contribution is 0.0570. The first-order valence-corrected chi connectivity index (χ1v) is 13.4. The molecule has 8 heteroatoms. The van der Waals surface area contributed by atoms with Gasteiger partial charge < -0.3 is 14.6 Å². The van der Waals surface area contributed by atoms with Gasteiger partial charge in [0.2, 0.25) is 0 Å². The molecule has 2 aromatic heterocycles. The molecule has 0 aliphatic carbocycles. The second-order valence-electron chi connectivity index (χ2n) is 9.43. The van der Waals surface area contributed by atoms with Gasteiger partial charge in [-0.15, -0.1) is 11.3 Å². The van der Waals surface area contributed by atoms with Gasteiger partial charge in [0.25, 0.3) is 0 Å². The largest absolute Gasteiger partial charge is 0.448 e. The van der Waals surface area contributed by atoms with Crippen LogP contribution < -0.4 is 5.69 Å². The van der Waals surface area contributed by atoms with E-state index < -0.39 is 0 Å². The van der Waals surface area contributed by atoms with Crippen molar-refractivity contribution in [2.24, 2.45) is 0 Å². The standard InChI is InChI=1S/C28H32N4O3S/c1-21(31(19-24-10-7-17-36-24)18-22-8-3-2-4-9-22)20-35-28(34)30-15-13-23(14-16-30)32-26-12-6-5-11-25(26)29-27(32)33/h2-12,17,21,23H,13-16,18-20H2,1H3,(H,29,33). The van der Waals surface area contributed by atoms with Gasteiger partial charge in [0.1, 0.15) is 6.61 Å². The number of para-hydroxylation sites is 2. The number of carbonyl (C=O) groups is 1. The summed E-state index contributed by atoms with van der Waals surface area (Å²) in [4.78, 5) is 33.8. The summed E-state index contributed by atoms with van der Waals surface area (Å²) in [5.41, 5.74) is 2.92. The summed E-state index contributed by atoms with van der Waals surface area (Å²) in [6, 6.07) is 22.5. The van der Waals surface area contributed by atoms with Crippen LogP contribution in [0.25, 0.3) is 11.0 Å². The minimum Gasteiger partial charge on any atom is -0.448 e. The van der Waals surface area contributed by atoms with Crippen molar-refractivity contribution in [3.8, 4) is 0 Å². The van der Waals surface area contributed by atoms with Gasteiger partial charge in [-0.25, -0.2) is 9.59 Å². The number of thiophene rings is 1. The van der Waals surface area contributed by atoms with E-state index in [0.717, 1.165) is 37.0 Å². The first-order valence-electron chi connectivity index (χ1n) is 12.5. The maximum atomic E-state index is 12.9. The van der Waals surface area contributed by atoms with E-state index in [1.807, 2.05) is 34.9 Å². The highest BCUT2D eigenvalue weighted by molar-refractivity contribution is 7.09. The molecule has 1 aliphatic rings. The highest BCUT2D eigenvalue weighted by Gasteiger charge is 2.27. The van der Waals surface area contributed by atoms with E-state index in [2.05, 4.69) is 58.6 Å². The van der Waals surface area contributed by atoms with Crippen molar-refractivity contribution in [3.05, 3.63) is 93.0 Å². The number of benzene rings is 2. The Labute approximate surface area is 214 Å². The van der Waals surface area contributed by atoms with Crippen molar-refractivity contribution < 1.29 is 9.53 Å². The van der Waals surface area contributed by atoms with Crippen molar-refractivity contribution in [1.82, 2.24) is 19.4 Å². The fourth-order valence-electron chi connectivity index (χ4n) is 4.92. The number of rotatable bonds is 8. The predicted octanol–water partition coefficient (Wildman–Crippen LogP) is 5.26. The minimum atomic E-state index is -0.276. The van der Waals surface area contributed by atoms with Gasteiger partial charge in [-0.05, 0) is 48.9 Å². The molecule has 1 aliphatic heterocycles. The van der Waals surface area contributed by atoms with E-state index in [0.29, 0.717) is 19.7 Å². The Morgan fingerprint density at radius 1 is 1.06 bits per heavy atom. The van der Waals surface area contributed by atoms with Crippen LogP contribution in [-0.4, -0.2) is 51.2 Å². The third-order valence-corrected chi connectivity index (χ3v) is 7.81. The Bertz CT molecular complexity index is 1320. The van der Waals surface area contributed by atoms with Crippen LogP contribution in [0.1, 0.15) is 36.2 Å². The summed E-state index contributed by atoms with van der Waals surface area (Å²) in [5, 5.41) is 2.09. The van der Waals surface area contributed by atoms with Crippen LogP contribution in [0.3, 0.4) is 0 Å². The molecule has 1 unspecified atom stereocenters. The van der Waals surface area contributed by atoms with Crippen LogP contribution in [0.15, 0.2) is 76.9 Å². The number of hydrogen-bond donors (Lipinski definition) is 1. The number of fused-ring (bicyclic) bond motifs is 1. The number of nitrogens with zero attached hydrogens (tertiary/aromatic N) is 3. The van der Waals surface area contributed by atoms with Crippen molar-refractivity contribution in [2.75, 3.05) is 19.7 Å². The van der Waals surface area contributed by atoms with Crippen LogP contribution in [0.4, 0.5) is 4.79 Å². The third-order valence-electron chi connectivity index (χ3n) is 6.95. The van der Waals surface area contributed by atoms with Crippen molar-refractivity contribution in [2.45, 2.75) is 44.9 Å². The van der Waals surface area contributed by atoms with Crippen LogP contribution >= 0.6 is 11.3 Å². The van der Waals surface area contributed by atoms with E-state index in [1.165, 1.54) is 10.4 Å². The van der Waals surface area contributed by atoms with E-state index in [1.54, 1.807) is 16.2 Å². The Morgan fingerprint density at radius 3 is 2.56 bits per heavy atom. The molecule has 1 fully saturated rings. The number of carbonyl (C=O) groups excluding carboxylic acids is 1. The van der Waals surface area contributed by atoms with Gasteiger partial charge in [0, 0.05) is 43.1 Å². The second-order valence-corrected chi connectivity index (χ2v) is 10.5. The zero-order valence-electron chi connectivity index (χ0n) is 20.5. The van der Waals surface area contributed by atoms with Gasteiger partial charge in [-0.2, -0.15) is 0 Å². The average molecular weight is 505 g/mol. The number of nitrogens with one attached hydrogen (secondary N) is 1. The Hall–Kier alpha value is -3.36.